The van der Waals surface area contributed by atoms with Gasteiger partial charge in [-0.3, -0.25) is 4.99 Å². The Hall–Kier alpha value is 0.170. The molecule has 0 radical (unpaired) electrons. The van der Waals surface area contributed by atoms with Crippen molar-refractivity contribution in [3.8, 4) is 0 Å². The van der Waals surface area contributed by atoms with Gasteiger partial charge < -0.3 is 5.32 Å². The first-order valence-corrected chi connectivity index (χ1v) is 8.89. The monoisotopic (exact) mass is 272 g/mol. The van der Waals surface area contributed by atoms with Gasteiger partial charge in [0.25, 0.3) is 0 Å². The molecule has 2 fully saturated rings. The van der Waals surface area contributed by atoms with Crippen LogP contribution in [0.25, 0.3) is 0 Å². The van der Waals surface area contributed by atoms with E-state index in [0.29, 0.717) is 0 Å². The molecule has 2 rings (SSSR count). The quantitative estimate of drug-likeness (QED) is 0.852. The zero-order chi connectivity index (χ0) is 12.1. The molecule has 0 amide bonds. The van der Waals surface area contributed by atoms with Gasteiger partial charge in [-0.15, -0.1) is 0 Å². The first-order valence-electron chi connectivity index (χ1n) is 6.75. The van der Waals surface area contributed by atoms with Crippen LogP contribution >= 0.6 is 23.5 Å². The Morgan fingerprint density at radius 2 is 2.12 bits per heavy atom. The van der Waals surface area contributed by atoms with Crippen molar-refractivity contribution in [2.24, 2.45) is 10.9 Å². The van der Waals surface area contributed by atoms with Crippen LogP contribution in [0.5, 0.6) is 0 Å². The van der Waals surface area contributed by atoms with Crippen LogP contribution in [0.15, 0.2) is 4.99 Å². The van der Waals surface area contributed by atoms with Gasteiger partial charge >= 0.3 is 0 Å². The molecule has 2 heterocycles. The SMILES string of the molecule is CCC1(C)CCSC(=NCC2CCSCC2)N1. The summed E-state index contributed by atoms with van der Waals surface area (Å²) in [4.78, 5) is 4.81. The smallest absolute Gasteiger partial charge is 0.156 e. The van der Waals surface area contributed by atoms with Gasteiger partial charge in [-0.25, -0.2) is 0 Å². The molecule has 1 atom stereocenters. The minimum absolute atomic E-state index is 0.284. The average molecular weight is 272 g/mol. The molecule has 2 aliphatic rings. The van der Waals surface area contributed by atoms with Crippen LogP contribution in [-0.4, -0.2) is 34.5 Å². The molecule has 0 aromatic carbocycles. The number of nitrogens with one attached hydrogen (secondary N) is 1. The van der Waals surface area contributed by atoms with Crippen molar-refractivity contribution in [3.63, 3.8) is 0 Å². The highest BCUT2D eigenvalue weighted by Gasteiger charge is 2.27. The lowest BCUT2D eigenvalue weighted by molar-refractivity contribution is 0.389. The second kappa shape index (κ2) is 6.37. The number of amidine groups is 1. The summed E-state index contributed by atoms with van der Waals surface area (Å²) in [5.41, 5.74) is 0.284. The van der Waals surface area contributed by atoms with Gasteiger partial charge in [-0.1, -0.05) is 18.7 Å². The Kier molecular flexibility index (Phi) is 5.10. The zero-order valence-electron chi connectivity index (χ0n) is 11.0. The zero-order valence-corrected chi connectivity index (χ0v) is 12.6. The lowest BCUT2D eigenvalue weighted by atomic mass is 9.96. The van der Waals surface area contributed by atoms with E-state index in [2.05, 4.69) is 30.9 Å². The third kappa shape index (κ3) is 4.09. The van der Waals surface area contributed by atoms with Gasteiger partial charge in [-0.05, 0) is 50.0 Å². The maximum Gasteiger partial charge on any atom is 0.156 e. The van der Waals surface area contributed by atoms with Crippen molar-refractivity contribution in [1.29, 1.82) is 0 Å². The molecule has 2 nitrogen and oxygen atoms in total. The van der Waals surface area contributed by atoms with Crippen molar-refractivity contribution >= 4 is 28.7 Å². The number of hydrogen-bond acceptors (Lipinski definition) is 3. The summed E-state index contributed by atoms with van der Waals surface area (Å²) in [7, 11) is 0. The molecule has 4 heteroatoms. The van der Waals surface area contributed by atoms with Crippen molar-refractivity contribution in [3.05, 3.63) is 0 Å². The third-order valence-corrected chi connectivity index (χ3v) is 5.88. The summed E-state index contributed by atoms with van der Waals surface area (Å²) in [6, 6.07) is 0. The molecule has 0 saturated carbocycles. The maximum atomic E-state index is 4.81. The van der Waals surface area contributed by atoms with Crippen LogP contribution in [0.4, 0.5) is 0 Å². The Bertz CT molecular complexity index is 275. The third-order valence-electron chi connectivity index (χ3n) is 3.92. The summed E-state index contributed by atoms with van der Waals surface area (Å²) in [5.74, 6) is 4.73. The largest absolute Gasteiger partial charge is 0.360 e. The molecule has 1 unspecified atom stereocenters. The highest BCUT2D eigenvalue weighted by Crippen LogP contribution is 2.26. The summed E-state index contributed by atoms with van der Waals surface area (Å²) < 4.78 is 0. The van der Waals surface area contributed by atoms with Gasteiger partial charge in [0.15, 0.2) is 5.17 Å². The molecule has 0 aromatic rings. The average Bonchev–Trinajstić information content (AvgIpc) is 2.38. The Morgan fingerprint density at radius 3 is 2.82 bits per heavy atom. The summed E-state index contributed by atoms with van der Waals surface area (Å²) in [6.45, 7) is 5.62. The second-order valence-corrected chi connectivity index (χ2v) is 7.65. The Labute approximate surface area is 114 Å². The molecule has 2 saturated heterocycles. The molecule has 1 N–H and O–H groups in total. The number of aliphatic imine (C=N–C) groups is 1. The number of thioether (sulfide) groups is 2. The maximum absolute atomic E-state index is 4.81. The fraction of sp³-hybridized carbons (Fsp3) is 0.923. The van der Waals surface area contributed by atoms with E-state index in [-0.39, 0.29) is 5.54 Å². The standard InChI is InChI=1S/C13H24N2S2/c1-3-13(2)6-9-17-12(15-13)14-10-11-4-7-16-8-5-11/h11H,3-10H2,1-2H3,(H,14,15). The molecule has 0 bridgehead atoms. The van der Waals surface area contributed by atoms with E-state index in [1.54, 1.807) is 0 Å². The molecular formula is C13H24N2S2. The minimum Gasteiger partial charge on any atom is -0.360 e. The van der Waals surface area contributed by atoms with Gasteiger partial charge in [0.05, 0.1) is 0 Å². The number of rotatable bonds is 3. The predicted molar refractivity (Wildman–Crippen MR) is 81.3 cm³/mol. The van der Waals surface area contributed by atoms with Gasteiger partial charge in [0, 0.05) is 17.8 Å². The molecule has 0 spiro atoms. The van der Waals surface area contributed by atoms with Crippen molar-refractivity contribution in [2.75, 3.05) is 23.8 Å². The van der Waals surface area contributed by atoms with E-state index < -0.39 is 0 Å². The number of hydrogen-bond donors (Lipinski definition) is 1. The second-order valence-electron chi connectivity index (χ2n) is 5.34. The van der Waals surface area contributed by atoms with Gasteiger partial charge in [-0.2, -0.15) is 11.8 Å². The van der Waals surface area contributed by atoms with Crippen molar-refractivity contribution in [1.82, 2.24) is 5.32 Å². The van der Waals surface area contributed by atoms with E-state index in [1.807, 2.05) is 11.8 Å². The van der Waals surface area contributed by atoms with Crippen LogP contribution in [-0.2, 0) is 0 Å². The highest BCUT2D eigenvalue weighted by atomic mass is 32.2. The topological polar surface area (TPSA) is 24.4 Å². The van der Waals surface area contributed by atoms with Crippen LogP contribution in [0, 0.1) is 5.92 Å². The highest BCUT2D eigenvalue weighted by molar-refractivity contribution is 8.13. The fourth-order valence-corrected chi connectivity index (χ4v) is 4.66. The van der Waals surface area contributed by atoms with E-state index in [0.717, 1.165) is 12.5 Å². The molecule has 0 aromatic heterocycles. The van der Waals surface area contributed by atoms with E-state index in [4.69, 9.17) is 4.99 Å². The fourth-order valence-electron chi connectivity index (χ4n) is 2.22. The van der Waals surface area contributed by atoms with Crippen LogP contribution in [0.3, 0.4) is 0 Å². The van der Waals surface area contributed by atoms with Crippen molar-refractivity contribution < 1.29 is 0 Å². The Morgan fingerprint density at radius 1 is 1.35 bits per heavy atom. The van der Waals surface area contributed by atoms with Crippen molar-refractivity contribution in [2.45, 2.75) is 45.1 Å². The molecule has 98 valence electrons. The van der Waals surface area contributed by atoms with Gasteiger partial charge in [0.2, 0.25) is 0 Å². The summed E-state index contributed by atoms with van der Waals surface area (Å²) in [5, 5.41) is 4.82. The Balaban J connectivity index is 1.83. The summed E-state index contributed by atoms with van der Waals surface area (Å²) in [6.07, 6.45) is 5.16. The summed E-state index contributed by atoms with van der Waals surface area (Å²) >= 11 is 4.00. The molecular weight excluding hydrogens is 248 g/mol. The number of nitrogens with zero attached hydrogens (tertiary/aromatic N) is 1. The van der Waals surface area contributed by atoms with E-state index in [9.17, 15) is 0 Å². The van der Waals surface area contributed by atoms with E-state index in [1.165, 1.54) is 48.1 Å². The molecule has 17 heavy (non-hydrogen) atoms. The lowest BCUT2D eigenvalue weighted by Gasteiger charge is -2.35. The minimum atomic E-state index is 0.284. The van der Waals surface area contributed by atoms with E-state index >= 15 is 0 Å². The van der Waals surface area contributed by atoms with Crippen LogP contribution < -0.4 is 5.32 Å². The lowest BCUT2D eigenvalue weighted by Crippen LogP contribution is -2.48. The molecule has 0 aliphatic carbocycles. The van der Waals surface area contributed by atoms with Crippen LogP contribution in [0.2, 0.25) is 0 Å². The van der Waals surface area contributed by atoms with Crippen LogP contribution in [0.1, 0.15) is 39.5 Å². The first kappa shape index (κ1) is 13.6. The molecule has 2 aliphatic heterocycles. The first-order chi connectivity index (χ1) is 8.22. The van der Waals surface area contributed by atoms with Gasteiger partial charge in [0.1, 0.15) is 0 Å². The normalized spacial score (nSPS) is 33.6. The predicted octanol–water partition coefficient (Wildman–Crippen LogP) is 3.38.